The van der Waals surface area contributed by atoms with Crippen molar-refractivity contribution in [3.05, 3.63) is 76.5 Å². The van der Waals surface area contributed by atoms with Gasteiger partial charge in [0, 0.05) is 24.1 Å². The summed E-state index contributed by atoms with van der Waals surface area (Å²) >= 11 is 0. The molecule has 0 radical (unpaired) electrons. The van der Waals surface area contributed by atoms with E-state index >= 15 is 0 Å². The molecular weight excluding hydrogens is 370 g/mol. The predicted octanol–water partition coefficient (Wildman–Crippen LogP) is 5.65. The van der Waals surface area contributed by atoms with E-state index in [4.69, 9.17) is 10.5 Å². The van der Waals surface area contributed by atoms with Crippen LogP contribution in [0.5, 0.6) is 0 Å². The van der Waals surface area contributed by atoms with Gasteiger partial charge in [-0.3, -0.25) is 4.98 Å². The number of methoxy groups -OCH3 is 1. The Morgan fingerprint density at radius 3 is 2.50 bits per heavy atom. The van der Waals surface area contributed by atoms with Gasteiger partial charge in [-0.15, -0.1) is 0 Å². The first-order chi connectivity index (χ1) is 14.3. The highest BCUT2D eigenvalue weighted by Crippen LogP contribution is 2.29. The first kappa shape index (κ1) is 20.3. The topological polar surface area (TPSA) is 61.0 Å². The molecule has 0 aliphatic rings. The fourth-order valence-electron chi connectivity index (χ4n) is 3.95. The van der Waals surface area contributed by atoms with Crippen molar-refractivity contribution < 1.29 is 4.74 Å². The number of anilines is 1. The summed E-state index contributed by atoms with van der Waals surface area (Å²) in [5.41, 5.74) is 13.8. The van der Waals surface area contributed by atoms with Crippen molar-refractivity contribution in [2.45, 2.75) is 46.1 Å². The summed E-state index contributed by atoms with van der Waals surface area (Å²) in [7, 11) is 1.75. The molecule has 154 valence electrons. The lowest BCUT2D eigenvalue weighted by Gasteiger charge is -2.24. The zero-order valence-electron chi connectivity index (χ0n) is 18.4. The fourth-order valence-corrected chi connectivity index (χ4v) is 3.95. The van der Waals surface area contributed by atoms with E-state index in [1.54, 1.807) is 7.11 Å². The Kier molecular flexibility index (Phi) is 5.20. The Labute approximate surface area is 178 Å². The van der Waals surface area contributed by atoms with Gasteiger partial charge in [-0.25, -0.2) is 4.98 Å². The lowest BCUT2D eigenvalue weighted by molar-refractivity contribution is 0.0191. The zero-order valence-corrected chi connectivity index (χ0v) is 18.4. The molecule has 0 saturated carbocycles. The van der Waals surface area contributed by atoms with Crippen molar-refractivity contribution in [3.63, 3.8) is 0 Å². The molecule has 4 rings (SSSR count). The molecule has 30 heavy (non-hydrogen) atoms. The van der Waals surface area contributed by atoms with E-state index in [9.17, 15) is 0 Å². The molecule has 2 aromatic carbocycles. The van der Waals surface area contributed by atoms with Gasteiger partial charge in [-0.2, -0.15) is 0 Å². The molecule has 0 amide bonds. The maximum Gasteiger partial charge on any atom is 0.150 e. The third kappa shape index (κ3) is 3.75. The SMILES string of the molecule is COC(C)(C)c1ccc(CCc2cnc3c(N)nc4cc(C)ccc4c3c2)c(C)c1. The van der Waals surface area contributed by atoms with Crippen LogP contribution in [-0.4, -0.2) is 17.1 Å². The van der Waals surface area contributed by atoms with Gasteiger partial charge >= 0.3 is 0 Å². The number of fused-ring (bicyclic) bond motifs is 3. The summed E-state index contributed by atoms with van der Waals surface area (Å²) in [5, 5.41) is 2.17. The Morgan fingerprint density at radius 1 is 0.967 bits per heavy atom. The van der Waals surface area contributed by atoms with Gasteiger partial charge in [-0.05, 0) is 80.5 Å². The molecule has 0 aliphatic carbocycles. The van der Waals surface area contributed by atoms with Crippen LogP contribution in [0.4, 0.5) is 5.82 Å². The van der Waals surface area contributed by atoms with Crippen LogP contribution < -0.4 is 5.73 Å². The standard InChI is InChI=1S/C26H29N3O/c1-16-6-11-21-22-14-18(15-28-24(22)25(27)29-23(21)12-16)7-8-19-9-10-20(13-17(19)2)26(3,4)30-5/h6,9-15H,7-8H2,1-5H3,(H2,27,29). The number of nitrogens with zero attached hydrogens (tertiary/aromatic N) is 2. The average Bonchev–Trinajstić information content (AvgIpc) is 2.72. The molecule has 4 aromatic rings. The molecule has 0 spiro atoms. The van der Waals surface area contributed by atoms with E-state index in [1.165, 1.54) is 27.8 Å². The summed E-state index contributed by atoms with van der Waals surface area (Å²) < 4.78 is 5.62. The van der Waals surface area contributed by atoms with Gasteiger partial charge in [0.25, 0.3) is 0 Å². The first-order valence-corrected chi connectivity index (χ1v) is 10.4. The van der Waals surface area contributed by atoms with Crippen molar-refractivity contribution in [1.29, 1.82) is 0 Å². The minimum Gasteiger partial charge on any atom is -0.382 e. The van der Waals surface area contributed by atoms with Gasteiger partial charge in [0.2, 0.25) is 0 Å². The zero-order chi connectivity index (χ0) is 21.5. The summed E-state index contributed by atoms with van der Waals surface area (Å²) in [5.74, 6) is 0.488. The van der Waals surface area contributed by atoms with E-state index in [0.717, 1.165) is 34.6 Å². The number of nitrogen functional groups attached to an aromatic ring is 1. The highest BCUT2D eigenvalue weighted by atomic mass is 16.5. The van der Waals surface area contributed by atoms with Crippen LogP contribution in [0, 0.1) is 13.8 Å². The normalized spacial score (nSPS) is 12.0. The third-order valence-electron chi connectivity index (χ3n) is 6.10. The van der Waals surface area contributed by atoms with Crippen LogP contribution in [-0.2, 0) is 23.2 Å². The molecule has 2 aromatic heterocycles. The molecule has 0 bridgehead atoms. The minimum absolute atomic E-state index is 0.279. The van der Waals surface area contributed by atoms with Crippen molar-refractivity contribution >= 4 is 27.6 Å². The first-order valence-electron chi connectivity index (χ1n) is 10.4. The number of aryl methyl sites for hydroxylation is 4. The number of rotatable bonds is 5. The second kappa shape index (κ2) is 7.69. The molecule has 0 atom stereocenters. The van der Waals surface area contributed by atoms with E-state index < -0.39 is 0 Å². The van der Waals surface area contributed by atoms with Crippen LogP contribution >= 0.6 is 0 Å². The quantitative estimate of drug-likeness (QED) is 0.441. The molecule has 0 aliphatic heterocycles. The number of hydrogen-bond donors (Lipinski definition) is 1. The van der Waals surface area contributed by atoms with E-state index in [0.29, 0.717) is 5.82 Å². The summed E-state index contributed by atoms with van der Waals surface area (Å²) in [6, 6.07) is 15.1. The number of hydrogen-bond acceptors (Lipinski definition) is 4. The van der Waals surface area contributed by atoms with Crippen LogP contribution in [0.2, 0.25) is 0 Å². The van der Waals surface area contributed by atoms with Crippen molar-refractivity contribution in [2.24, 2.45) is 0 Å². The second-order valence-corrected chi connectivity index (χ2v) is 8.61. The van der Waals surface area contributed by atoms with E-state index in [1.807, 2.05) is 6.20 Å². The number of nitrogens with two attached hydrogens (primary N) is 1. The summed E-state index contributed by atoms with van der Waals surface area (Å²) in [6.07, 6.45) is 3.81. The van der Waals surface area contributed by atoms with Gasteiger partial charge in [-0.1, -0.05) is 30.3 Å². The second-order valence-electron chi connectivity index (χ2n) is 8.61. The molecule has 4 heteroatoms. The maximum absolute atomic E-state index is 6.18. The Hall–Kier alpha value is -2.98. The van der Waals surface area contributed by atoms with Gasteiger partial charge in [0.15, 0.2) is 5.82 Å². The lowest BCUT2D eigenvalue weighted by atomic mass is 9.92. The number of pyridine rings is 2. The molecule has 4 nitrogen and oxygen atoms in total. The predicted molar refractivity (Wildman–Crippen MR) is 125 cm³/mol. The van der Waals surface area contributed by atoms with Gasteiger partial charge in [0.1, 0.15) is 5.52 Å². The van der Waals surface area contributed by atoms with Crippen molar-refractivity contribution in [1.82, 2.24) is 9.97 Å². The van der Waals surface area contributed by atoms with Crippen molar-refractivity contribution in [3.8, 4) is 0 Å². The van der Waals surface area contributed by atoms with E-state index in [-0.39, 0.29) is 5.60 Å². The smallest absolute Gasteiger partial charge is 0.150 e. The highest BCUT2D eigenvalue weighted by Gasteiger charge is 2.19. The molecule has 0 saturated heterocycles. The Morgan fingerprint density at radius 2 is 1.77 bits per heavy atom. The van der Waals surface area contributed by atoms with Gasteiger partial charge < -0.3 is 10.5 Å². The largest absolute Gasteiger partial charge is 0.382 e. The molecule has 2 heterocycles. The Balaban J connectivity index is 1.64. The van der Waals surface area contributed by atoms with Crippen molar-refractivity contribution in [2.75, 3.05) is 12.8 Å². The van der Waals surface area contributed by atoms with E-state index in [2.05, 4.69) is 80.1 Å². The minimum atomic E-state index is -0.279. The molecule has 2 N–H and O–H groups in total. The highest BCUT2D eigenvalue weighted by molar-refractivity contribution is 6.08. The van der Waals surface area contributed by atoms with Crippen LogP contribution in [0.25, 0.3) is 21.8 Å². The monoisotopic (exact) mass is 399 g/mol. The summed E-state index contributed by atoms with van der Waals surface area (Å²) in [4.78, 5) is 9.18. The number of benzene rings is 2. The molecule has 0 fully saturated rings. The summed E-state index contributed by atoms with van der Waals surface area (Å²) in [6.45, 7) is 8.42. The third-order valence-corrected chi connectivity index (χ3v) is 6.10. The number of aromatic nitrogens is 2. The molecular formula is C26H29N3O. The fraction of sp³-hybridized carbons (Fsp3) is 0.308. The Bertz CT molecular complexity index is 1240. The number of ether oxygens (including phenoxy) is 1. The van der Waals surface area contributed by atoms with Crippen LogP contribution in [0.1, 0.15) is 41.7 Å². The maximum atomic E-state index is 6.18. The van der Waals surface area contributed by atoms with Crippen LogP contribution in [0.3, 0.4) is 0 Å². The lowest BCUT2D eigenvalue weighted by Crippen LogP contribution is -2.19. The average molecular weight is 400 g/mol. The van der Waals surface area contributed by atoms with Gasteiger partial charge in [0.05, 0.1) is 11.1 Å². The van der Waals surface area contributed by atoms with Crippen LogP contribution in [0.15, 0.2) is 48.7 Å². The molecule has 0 unspecified atom stereocenters.